The maximum atomic E-state index is 12.5. The molecular weight excluding hydrogens is 268 g/mol. The fourth-order valence-corrected chi connectivity index (χ4v) is 5.19. The second kappa shape index (κ2) is 5.40. The van der Waals surface area contributed by atoms with Gasteiger partial charge in [0, 0.05) is 18.5 Å². The van der Waals surface area contributed by atoms with Gasteiger partial charge in [0.2, 0.25) is 5.91 Å². The van der Waals surface area contributed by atoms with Gasteiger partial charge in [0.15, 0.2) is 0 Å². The zero-order valence-electron chi connectivity index (χ0n) is 12.1. The minimum Gasteiger partial charge on any atom is -0.356 e. The van der Waals surface area contributed by atoms with E-state index in [0.717, 1.165) is 25.1 Å². The number of nitrogens with zero attached hydrogens (tertiary/aromatic N) is 1. The molecule has 3 unspecified atom stereocenters. The molecule has 0 aromatic rings. The van der Waals surface area contributed by atoms with Gasteiger partial charge in [0.1, 0.15) is 0 Å². The first kappa shape index (κ1) is 13.9. The molecule has 0 saturated carbocycles. The fourth-order valence-electron chi connectivity index (χ4n) is 3.37. The van der Waals surface area contributed by atoms with Gasteiger partial charge in [0.05, 0.1) is 16.4 Å². The van der Waals surface area contributed by atoms with Gasteiger partial charge in [-0.25, -0.2) is 0 Å². The highest BCUT2D eigenvalue weighted by Gasteiger charge is 2.54. The summed E-state index contributed by atoms with van der Waals surface area (Å²) in [6, 6.07) is 0. The van der Waals surface area contributed by atoms with E-state index in [2.05, 4.69) is 42.4 Å². The van der Waals surface area contributed by atoms with E-state index in [1.807, 2.05) is 18.0 Å². The smallest absolute Gasteiger partial charge is 0.224 e. The van der Waals surface area contributed by atoms with Crippen LogP contribution in [0.4, 0.5) is 0 Å². The molecule has 1 N–H and O–H groups in total. The zero-order valence-corrected chi connectivity index (χ0v) is 13.0. The minimum atomic E-state index is 0.0589. The van der Waals surface area contributed by atoms with Gasteiger partial charge >= 0.3 is 0 Å². The lowest BCUT2D eigenvalue weighted by Crippen LogP contribution is -2.43. The molecule has 1 fully saturated rings. The standard InChI is InChI=1S/C16H22N2OS/c1-11(2)9-18-15(19)12-10-20-16-7-4-3-5-14(16)17-8-6-13(12)16/h3-5,8,11-13H,6-7,9-10H2,1-2H3,(H,18,19). The normalized spacial score (nSPS) is 34.6. The SMILES string of the molecule is CC(C)CNC(=O)C1CSC23CC=CC=C2N=CCC13. The predicted octanol–water partition coefficient (Wildman–Crippen LogP) is 2.79. The van der Waals surface area contributed by atoms with Gasteiger partial charge in [-0.1, -0.05) is 26.0 Å². The van der Waals surface area contributed by atoms with E-state index in [4.69, 9.17) is 0 Å². The maximum absolute atomic E-state index is 12.5. The van der Waals surface area contributed by atoms with E-state index >= 15 is 0 Å². The number of allylic oxidation sites excluding steroid dienone is 3. The van der Waals surface area contributed by atoms with Crippen LogP contribution in [0.15, 0.2) is 28.9 Å². The average Bonchev–Trinajstić information content (AvgIpc) is 2.82. The quantitative estimate of drug-likeness (QED) is 0.868. The molecule has 3 rings (SSSR count). The van der Waals surface area contributed by atoms with Crippen LogP contribution in [0.25, 0.3) is 0 Å². The Labute approximate surface area is 125 Å². The van der Waals surface area contributed by atoms with Crippen molar-refractivity contribution in [1.82, 2.24) is 5.32 Å². The number of hydrogen-bond donors (Lipinski definition) is 1. The van der Waals surface area contributed by atoms with Crippen LogP contribution in [0, 0.1) is 17.8 Å². The lowest BCUT2D eigenvalue weighted by atomic mass is 9.73. The first-order chi connectivity index (χ1) is 9.63. The molecule has 1 aliphatic carbocycles. The number of thioether (sulfide) groups is 1. The van der Waals surface area contributed by atoms with Crippen molar-refractivity contribution in [2.45, 2.75) is 31.4 Å². The molecular formula is C16H22N2OS. The van der Waals surface area contributed by atoms with E-state index in [-0.39, 0.29) is 16.6 Å². The van der Waals surface area contributed by atoms with Crippen molar-refractivity contribution < 1.29 is 4.79 Å². The van der Waals surface area contributed by atoms with Crippen LogP contribution in [0.3, 0.4) is 0 Å². The van der Waals surface area contributed by atoms with E-state index in [0.29, 0.717) is 11.8 Å². The summed E-state index contributed by atoms with van der Waals surface area (Å²) in [5, 5.41) is 3.12. The summed E-state index contributed by atoms with van der Waals surface area (Å²) in [6.45, 7) is 5.03. The van der Waals surface area contributed by atoms with Crippen LogP contribution >= 0.6 is 11.8 Å². The molecule has 3 atom stereocenters. The van der Waals surface area contributed by atoms with Crippen molar-refractivity contribution in [3.63, 3.8) is 0 Å². The molecule has 3 nitrogen and oxygen atoms in total. The van der Waals surface area contributed by atoms with Crippen LogP contribution in [0.2, 0.25) is 0 Å². The number of hydrogen-bond acceptors (Lipinski definition) is 3. The van der Waals surface area contributed by atoms with Crippen LogP contribution in [0.5, 0.6) is 0 Å². The number of aliphatic imine (C=N–C) groups is 1. The Morgan fingerprint density at radius 1 is 1.60 bits per heavy atom. The third-order valence-electron chi connectivity index (χ3n) is 4.46. The molecule has 1 spiro atoms. The number of carbonyl (C=O) groups excluding carboxylic acids is 1. The Morgan fingerprint density at radius 2 is 2.45 bits per heavy atom. The average molecular weight is 290 g/mol. The summed E-state index contributed by atoms with van der Waals surface area (Å²) in [4.78, 5) is 17.1. The monoisotopic (exact) mass is 290 g/mol. The Balaban J connectivity index is 1.78. The van der Waals surface area contributed by atoms with Gasteiger partial charge in [0.25, 0.3) is 0 Å². The van der Waals surface area contributed by atoms with E-state index < -0.39 is 0 Å². The fraction of sp³-hybridized carbons (Fsp3) is 0.625. The second-order valence-electron chi connectivity index (χ2n) is 6.28. The van der Waals surface area contributed by atoms with Gasteiger partial charge < -0.3 is 5.32 Å². The summed E-state index contributed by atoms with van der Waals surface area (Å²) in [5.41, 5.74) is 1.17. The Hall–Kier alpha value is -1.03. The number of carbonyl (C=O) groups is 1. The second-order valence-corrected chi connectivity index (χ2v) is 7.63. The van der Waals surface area contributed by atoms with Crippen LogP contribution < -0.4 is 5.32 Å². The van der Waals surface area contributed by atoms with Gasteiger partial charge in [-0.15, -0.1) is 11.8 Å². The lowest BCUT2D eigenvalue weighted by Gasteiger charge is -2.39. The van der Waals surface area contributed by atoms with E-state index in [9.17, 15) is 4.79 Å². The third kappa shape index (κ3) is 2.24. The Morgan fingerprint density at radius 3 is 3.25 bits per heavy atom. The highest BCUT2D eigenvalue weighted by atomic mass is 32.2. The highest BCUT2D eigenvalue weighted by molar-refractivity contribution is 8.01. The molecule has 0 aromatic carbocycles. The lowest BCUT2D eigenvalue weighted by molar-refractivity contribution is -0.125. The summed E-state index contributed by atoms with van der Waals surface area (Å²) in [5.74, 6) is 2.18. The Kier molecular flexibility index (Phi) is 3.76. The molecule has 3 aliphatic rings. The molecule has 0 aromatic heterocycles. The summed E-state index contributed by atoms with van der Waals surface area (Å²) >= 11 is 1.93. The predicted molar refractivity (Wildman–Crippen MR) is 85.0 cm³/mol. The summed E-state index contributed by atoms with van der Waals surface area (Å²) in [6.07, 6.45) is 10.4. The summed E-state index contributed by atoms with van der Waals surface area (Å²) < 4.78 is 0.0589. The van der Waals surface area contributed by atoms with Gasteiger partial charge in [-0.05, 0) is 30.8 Å². The molecule has 2 aliphatic heterocycles. The Bertz CT molecular complexity index is 495. The molecule has 1 saturated heterocycles. The first-order valence-electron chi connectivity index (χ1n) is 7.45. The van der Waals surface area contributed by atoms with Crippen molar-refractivity contribution in [2.24, 2.45) is 22.7 Å². The molecule has 0 bridgehead atoms. The van der Waals surface area contributed by atoms with E-state index in [1.54, 1.807) is 0 Å². The van der Waals surface area contributed by atoms with Crippen molar-refractivity contribution >= 4 is 23.9 Å². The number of rotatable bonds is 3. The maximum Gasteiger partial charge on any atom is 0.224 e. The van der Waals surface area contributed by atoms with Crippen molar-refractivity contribution in [3.8, 4) is 0 Å². The largest absolute Gasteiger partial charge is 0.356 e. The molecule has 4 heteroatoms. The molecule has 2 heterocycles. The van der Waals surface area contributed by atoms with Crippen LogP contribution in [-0.2, 0) is 4.79 Å². The van der Waals surface area contributed by atoms with Gasteiger partial charge in [-0.3, -0.25) is 9.79 Å². The summed E-state index contributed by atoms with van der Waals surface area (Å²) in [7, 11) is 0. The number of amides is 1. The minimum absolute atomic E-state index is 0.0589. The van der Waals surface area contributed by atoms with Crippen molar-refractivity contribution in [2.75, 3.05) is 12.3 Å². The topological polar surface area (TPSA) is 41.5 Å². The molecule has 1 amide bonds. The third-order valence-corrected chi connectivity index (χ3v) is 6.18. The van der Waals surface area contributed by atoms with Crippen molar-refractivity contribution in [3.05, 3.63) is 23.9 Å². The van der Waals surface area contributed by atoms with Gasteiger partial charge in [-0.2, -0.15) is 0 Å². The molecule has 0 radical (unpaired) electrons. The molecule has 108 valence electrons. The van der Waals surface area contributed by atoms with E-state index in [1.165, 1.54) is 5.70 Å². The zero-order chi connectivity index (χ0) is 14.2. The van der Waals surface area contributed by atoms with Crippen LogP contribution in [0.1, 0.15) is 26.7 Å². The van der Waals surface area contributed by atoms with Crippen molar-refractivity contribution in [1.29, 1.82) is 0 Å². The highest BCUT2D eigenvalue weighted by Crippen LogP contribution is 2.56. The first-order valence-corrected chi connectivity index (χ1v) is 8.43. The molecule has 20 heavy (non-hydrogen) atoms. The van der Waals surface area contributed by atoms with Crippen LogP contribution in [-0.4, -0.2) is 29.2 Å². The number of nitrogens with one attached hydrogen (secondary N) is 1.